The molecule has 100 valence electrons. The minimum atomic E-state index is 0.357. The van der Waals surface area contributed by atoms with Crippen LogP contribution in [0.3, 0.4) is 0 Å². The van der Waals surface area contributed by atoms with Gasteiger partial charge < -0.3 is 10.4 Å². The Balaban J connectivity index is 2.02. The van der Waals surface area contributed by atoms with Crippen molar-refractivity contribution in [2.24, 2.45) is 5.92 Å². The zero-order valence-corrected chi connectivity index (χ0v) is 11.6. The number of rotatable bonds is 3. The van der Waals surface area contributed by atoms with Gasteiger partial charge in [-0.15, -0.1) is 0 Å². The van der Waals surface area contributed by atoms with Gasteiger partial charge in [-0.3, -0.25) is 4.90 Å². The van der Waals surface area contributed by atoms with Gasteiger partial charge in [0, 0.05) is 31.7 Å². The van der Waals surface area contributed by atoms with Crippen LogP contribution in [0.5, 0.6) is 5.75 Å². The Hall–Kier alpha value is -1.06. The quantitative estimate of drug-likeness (QED) is 0.861. The van der Waals surface area contributed by atoms with E-state index < -0.39 is 0 Å². The highest BCUT2D eigenvalue weighted by molar-refractivity contribution is 5.27. The second kappa shape index (κ2) is 5.72. The summed E-state index contributed by atoms with van der Waals surface area (Å²) >= 11 is 0. The fourth-order valence-corrected chi connectivity index (χ4v) is 2.50. The Morgan fingerprint density at radius 2 is 2.22 bits per heavy atom. The van der Waals surface area contributed by atoms with Crippen molar-refractivity contribution in [3.8, 4) is 5.75 Å². The van der Waals surface area contributed by atoms with Crippen molar-refractivity contribution >= 4 is 0 Å². The van der Waals surface area contributed by atoms with Gasteiger partial charge in [-0.25, -0.2) is 0 Å². The summed E-state index contributed by atoms with van der Waals surface area (Å²) in [4.78, 5) is 2.50. The molecule has 1 saturated heterocycles. The maximum Gasteiger partial charge on any atom is 0.115 e. The first-order chi connectivity index (χ1) is 8.56. The van der Waals surface area contributed by atoms with E-state index in [1.807, 2.05) is 12.1 Å². The standard InChI is InChI=1S/C15H24N2O/c1-11(2)15-10-17(12(3)8-16-15)9-13-5-4-6-14(18)7-13/h4-7,11-12,15-16,18H,8-10H2,1-3H3. The molecular formula is C15H24N2O. The summed E-state index contributed by atoms with van der Waals surface area (Å²) in [5, 5.41) is 13.1. The highest BCUT2D eigenvalue weighted by atomic mass is 16.3. The van der Waals surface area contributed by atoms with Gasteiger partial charge in [0.2, 0.25) is 0 Å². The molecule has 3 nitrogen and oxygen atoms in total. The molecule has 1 aliphatic heterocycles. The number of hydrogen-bond donors (Lipinski definition) is 2. The van der Waals surface area contributed by atoms with Crippen molar-refractivity contribution in [2.45, 2.75) is 39.4 Å². The van der Waals surface area contributed by atoms with Crippen LogP contribution in [0.2, 0.25) is 0 Å². The van der Waals surface area contributed by atoms with E-state index in [2.05, 4.69) is 37.1 Å². The minimum absolute atomic E-state index is 0.357. The van der Waals surface area contributed by atoms with Crippen LogP contribution in [0.4, 0.5) is 0 Å². The molecule has 1 aliphatic rings. The second-order valence-corrected chi connectivity index (χ2v) is 5.71. The van der Waals surface area contributed by atoms with Crippen molar-refractivity contribution in [1.82, 2.24) is 10.2 Å². The Kier molecular flexibility index (Phi) is 4.25. The van der Waals surface area contributed by atoms with E-state index in [0.717, 1.165) is 19.6 Å². The van der Waals surface area contributed by atoms with Crippen molar-refractivity contribution in [3.05, 3.63) is 29.8 Å². The predicted molar refractivity (Wildman–Crippen MR) is 74.6 cm³/mol. The molecule has 0 saturated carbocycles. The fourth-order valence-electron chi connectivity index (χ4n) is 2.50. The van der Waals surface area contributed by atoms with Crippen molar-refractivity contribution in [2.75, 3.05) is 13.1 Å². The molecule has 3 heteroatoms. The van der Waals surface area contributed by atoms with Crippen LogP contribution in [-0.2, 0) is 6.54 Å². The second-order valence-electron chi connectivity index (χ2n) is 5.71. The van der Waals surface area contributed by atoms with Gasteiger partial charge in [0.05, 0.1) is 0 Å². The van der Waals surface area contributed by atoms with E-state index in [1.165, 1.54) is 5.56 Å². The summed E-state index contributed by atoms with van der Waals surface area (Å²) in [5.74, 6) is 1.01. The highest BCUT2D eigenvalue weighted by Gasteiger charge is 2.26. The number of piperazine rings is 1. The van der Waals surface area contributed by atoms with Crippen LogP contribution in [0, 0.1) is 5.92 Å². The first-order valence-electron chi connectivity index (χ1n) is 6.81. The van der Waals surface area contributed by atoms with Crippen molar-refractivity contribution < 1.29 is 5.11 Å². The van der Waals surface area contributed by atoms with E-state index in [0.29, 0.717) is 23.8 Å². The molecule has 18 heavy (non-hydrogen) atoms. The number of benzene rings is 1. The zero-order chi connectivity index (χ0) is 13.1. The van der Waals surface area contributed by atoms with Crippen LogP contribution in [0.1, 0.15) is 26.3 Å². The van der Waals surface area contributed by atoms with E-state index in [9.17, 15) is 5.11 Å². The molecule has 0 amide bonds. The molecule has 1 aromatic rings. The number of hydrogen-bond acceptors (Lipinski definition) is 3. The third-order valence-corrected chi connectivity index (χ3v) is 3.83. The average Bonchev–Trinajstić information content (AvgIpc) is 2.31. The number of phenolic OH excluding ortho intramolecular Hbond substituents is 1. The maximum atomic E-state index is 9.52. The van der Waals surface area contributed by atoms with Crippen LogP contribution >= 0.6 is 0 Å². The van der Waals surface area contributed by atoms with Crippen LogP contribution < -0.4 is 5.32 Å². The molecular weight excluding hydrogens is 224 g/mol. The van der Waals surface area contributed by atoms with Gasteiger partial charge in [0.1, 0.15) is 5.75 Å². The van der Waals surface area contributed by atoms with Gasteiger partial charge in [-0.05, 0) is 30.5 Å². The summed E-state index contributed by atoms with van der Waals surface area (Å²) in [6.07, 6.45) is 0. The average molecular weight is 248 g/mol. The third kappa shape index (κ3) is 3.24. The van der Waals surface area contributed by atoms with E-state index >= 15 is 0 Å². The molecule has 1 heterocycles. The molecule has 0 bridgehead atoms. The number of nitrogens with one attached hydrogen (secondary N) is 1. The van der Waals surface area contributed by atoms with Gasteiger partial charge in [-0.2, -0.15) is 0 Å². The number of nitrogens with zero attached hydrogens (tertiary/aromatic N) is 1. The van der Waals surface area contributed by atoms with Gasteiger partial charge in [0.15, 0.2) is 0 Å². The summed E-state index contributed by atoms with van der Waals surface area (Å²) in [6, 6.07) is 8.69. The van der Waals surface area contributed by atoms with Gasteiger partial charge >= 0.3 is 0 Å². The zero-order valence-electron chi connectivity index (χ0n) is 11.6. The summed E-state index contributed by atoms with van der Waals surface area (Å²) in [7, 11) is 0. The fraction of sp³-hybridized carbons (Fsp3) is 0.600. The lowest BCUT2D eigenvalue weighted by Gasteiger charge is -2.40. The summed E-state index contributed by atoms with van der Waals surface area (Å²) < 4.78 is 0. The van der Waals surface area contributed by atoms with E-state index in [-0.39, 0.29) is 0 Å². The lowest BCUT2D eigenvalue weighted by molar-refractivity contribution is 0.116. The first-order valence-corrected chi connectivity index (χ1v) is 6.81. The highest BCUT2D eigenvalue weighted by Crippen LogP contribution is 2.18. The number of aromatic hydroxyl groups is 1. The monoisotopic (exact) mass is 248 g/mol. The van der Waals surface area contributed by atoms with Crippen LogP contribution in [0.25, 0.3) is 0 Å². The summed E-state index contributed by atoms with van der Waals surface area (Å²) in [6.45, 7) is 9.82. The Bertz CT molecular complexity index is 392. The lowest BCUT2D eigenvalue weighted by atomic mass is 9.99. The topological polar surface area (TPSA) is 35.5 Å². The molecule has 1 fully saturated rings. The normalized spacial score (nSPS) is 25.6. The van der Waals surface area contributed by atoms with Gasteiger partial charge in [0.25, 0.3) is 0 Å². The van der Waals surface area contributed by atoms with E-state index in [1.54, 1.807) is 6.07 Å². The first kappa shape index (κ1) is 13.4. The van der Waals surface area contributed by atoms with Crippen molar-refractivity contribution in [1.29, 1.82) is 0 Å². The van der Waals surface area contributed by atoms with Crippen LogP contribution in [-0.4, -0.2) is 35.2 Å². The Morgan fingerprint density at radius 1 is 1.44 bits per heavy atom. The molecule has 0 aliphatic carbocycles. The molecule has 2 N–H and O–H groups in total. The molecule has 0 spiro atoms. The minimum Gasteiger partial charge on any atom is -0.508 e. The Labute approximate surface area is 110 Å². The molecule has 0 aromatic heterocycles. The lowest BCUT2D eigenvalue weighted by Crippen LogP contribution is -2.56. The van der Waals surface area contributed by atoms with Crippen molar-refractivity contribution in [3.63, 3.8) is 0 Å². The smallest absolute Gasteiger partial charge is 0.115 e. The largest absolute Gasteiger partial charge is 0.508 e. The third-order valence-electron chi connectivity index (χ3n) is 3.83. The van der Waals surface area contributed by atoms with Crippen LogP contribution in [0.15, 0.2) is 24.3 Å². The van der Waals surface area contributed by atoms with E-state index in [4.69, 9.17) is 0 Å². The maximum absolute atomic E-state index is 9.52. The number of phenols is 1. The summed E-state index contributed by atoms with van der Waals surface area (Å²) in [5.41, 5.74) is 1.19. The molecule has 0 radical (unpaired) electrons. The molecule has 2 atom stereocenters. The molecule has 2 rings (SSSR count). The van der Waals surface area contributed by atoms with Gasteiger partial charge in [-0.1, -0.05) is 26.0 Å². The molecule has 1 aromatic carbocycles. The Morgan fingerprint density at radius 3 is 2.89 bits per heavy atom. The molecule has 2 unspecified atom stereocenters. The predicted octanol–water partition coefficient (Wildman–Crippen LogP) is 2.21. The SMILES string of the molecule is CC(C)C1CN(Cc2cccc(O)c2)C(C)CN1.